The second-order valence-corrected chi connectivity index (χ2v) is 7.74. The first-order chi connectivity index (χ1) is 16.3. The SMILES string of the molecule is O=C1c2ccccc2C(=O)N1CCOCCCOCCCOCCCOCc1ccccc1. The highest BCUT2D eigenvalue weighted by molar-refractivity contribution is 6.21. The number of nitrogens with zero attached hydrogens (tertiary/aromatic N) is 1. The molecule has 1 aliphatic heterocycles. The van der Waals surface area contributed by atoms with Gasteiger partial charge in [-0.15, -0.1) is 0 Å². The van der Waals surface area contributed by atoms with Gasteiger partial charge in [-0.1, -0.05) is 42.5 Å². The molecular weight excluding hydrogens is 422 g/mol. The zero-order chi connectivity index (χ0) is 23.1. The van der Waals surface area contributed by atoms with Gasteiger partial charge in [-0.05, 0) is 37.0 Å². The quantitative estimate of drug-likeness (QED) is 0.267. The summed E-state index contributed by atoms with van der Waals surface area (Å²) in [7, 11) is 0. The summed E-state index contributed by atoms with van der Waals surface area (Å²) >= 11 is 0. The summed E-state index contributed by atoms with van der Waals surface area (Å²) in [6.45, 7) is 5.09. The molecule has 0 spiro atoms. The fraction of sp³-hybridized carbons (Fsp3) is 0.462. The summed E-state index contributed by atoms with van der Waals surface area (Å²) < 4.78 is 22.3. The molecule has 2 aromatic rings. The van der Waals surface area contributed by atoms with Crippen LogP contribution in [0.2, 0.25) is 0 Å². The number of amides is 2. The van der Waals surface area contributed by atoms with E-state index in [0.717, 1.165) is 19.3 Å². The van der Waals surface area contributed by atoms with E-state index in [0.29, 0.717) is 64.0 Å². The average molecular weight is 456 g/mol. The highest BCUT2D eigenvalue weighted by Gasteiger charge is 2.34. The van der Waals surface area contributed by atoms with Crippen molar-refractivity contribution < 1.29 is 28.5 Å². The first kappa shape index (κ1) is 25.1. The van der Waals surface area contributed by atoms with Crippen molar-refractivity contribution in [2.75, 3.05) is 52.8 Å². The van der Waals surface area contributed by atoms with Gasteiger partial charge in [0.25, 0.3) is 11.8 Å². The molecule has 1 aliphatic rings. The lowest BCUT2D eigenvalue weighted by Crippen LogP contribution is -2.33. The summed E-state index contributed by atoms with van der Waals surface area (Å²) in [6, 6.07) is 17.0. The van der Waals surface area contributed by atoms with Crippen molar-refractivity contribution in [2.45, 2.75) is 25.9 Å². The molecule has 0 fully saturated rings. The minimum atomic E-state index is -0.246. The molecule has 0 saturated carbocycles. The van der Waals surface area contributed by atoms with Gasteiger partial charge in [0.15, 0.2) is 0 Å². The molecule has 0 aromatic heterocycles. The Morgan fingerprint density at radius 2 is 1.00 bits per heavy atom. The molecule has 2 amide bonds. The Morgan fingerprint density at radius 3 is 1.55 bits per heavy atom. The van der Waals surface area contributed by atoms with Crippen molar-refractivity contribution in [1.82, 2.24) is 4.90 Å². The van der Waals surface area contributed by atoms with Crippen LogP contribution < -0.4 is 0 Å². The smallest absolute Gasteiger partial charge is 0.261 e. The first-order valence-corrected chi connectivity index (χ1v) is 11.6. The summed E-state index contributed by atoms with van der Waals surface area (Å²) in [5.74, 6) is -0.492. The van der Waals surface area contributed by atoms with E-state index in [1.165, 1.54) is 10.5 Å². The minimum Gasteiger partial charge on any atom is -0.381 e. The van der Waals surface area contributed by atoms with Crippen molar-refractivity contribution in [3.05, 3.63) is 71.3 Å². The third kappa shape index (κ3) is 8.37. The van der Waals surface area contributed by atoms with Crippen LogP contribution in [0.3, 0.4) is 0 Å². The number of imide groups is 1. The van der Waals surface area contributed by atoms with E-state index >= 15 is 0 Å². The van der Waals surface area contributed by atoms with Crippen LogP contribution in [-0.2, 0) is 25.6 Å². The number of hydrogen-bond acceptors (Lipinski definition) is 6. The van der Waals surface area contributed by atoms with Crippen molar-refractivity contribution in [3.8, 4) is 0 Å². The van der Waals surface area contributed by atoms with Crippen LogP contribution in [0.1, 0.15) is 45.5 Å². The fourth-order valence-corrected chi connectivity index (χ4v) is 3.46. The second-order valence-electron chi connectivity index (χ2n) is 7.74. The molecule has 0 N–H and O–H groups in total. The maximum Gasteiger partial charge on any atom is 0.261 e. The Labute approximate surface area is 195 Å². The number of benzene rings is 2. The van der Waals surface area contributed by atoms with Gasteiger partial charge < -0.3 is 18.9 Å². The van der Waals surface area contributed by atoms with E-state index in [1.807, 2.05) is 18.2 Å². The highest BCUT2D eigenvalue weighted by Crippen LogP contribution is 2.21. The zero-order valence-corrected chi connectivity index (χ0v) is 19.1. The maximum absolute atomic E-state index is 12.3. The molecule has 0 atom stereocenters. The molecule has 2 aromatic carbocycles. The summed E-state index contributed by atoms with van der Waals surface area (Å²) in [6.07, 6.45) is 2.50. The third-order valence-corrected chi connectivity index (χ3v) is 5.18. The van der Waals surface area contributed by atoms with Crippen LogP contribution in [0.25, 0.3) is 0 Å². The van der Waals surface area contributed by atoms with Gasteiger partial charge in [0, 0.05) is 39.6 Å². The lowest BCUT2D eigenvalue weighted by atomic mass is 10.1. The van der Waals surface area contributed by atoms with Crippen molar-refractivity contribution >= 4 is 11.8 Å². The van der Waals surface area contributed by atoms with E-state index in [4.69, 9.17) is 18.9 Å². The predicted molar refractivity (Wildman–Crippen MR) is 124 cm³/mol. The molecule has 0 unspecified atom stereocenters. The molecular formula is C26H33NO6. The molecule has 33 heavy (non-hydrogen) atoms. The lowest BCUT2D eigenvalue weighted by Gasteiger charge is -2.13. The standard InChI is InChI=1S/C26H33NO6/c28-25-23-11-4-5-12-24(23)26(29)27(25)13-20-32-18-7-16-30-14-6-15-31-17-8-19-33-21-22-9-2-1-3-10-22/h1-5,9-12H,6-8,13-21H2. The Morgan fingerprint density at radius 1 is 0.545 bits per heavy atom. The topological polar surface area (TPSA) is 74.3 Å². The summed E-state index contributed by atoms with van der Waals surface area (Å²) in [4.78, 5) is 25.8. The van der Waals surface area contributed by atoms with Gasteiger partial charge in [0.1, 0.15) is 0 Å². The predicted octanol–water partition coefficient (Wildman–Crippen LogP) is 3.72. The highest BCUT2D eigenvalue weighted by atomic mass is 16.5. The van der Waals surface area contributed by atoms with Crippen LogP contribution in [0.15, 0.2) is 54.6 Å². The molecule has 7 heteroatoms. The van der Waals surface area contributed by atoms with E-state index in [1.54, 1.807) is 24.3 Å². The number of fused-ring (bicyclic) bond motifs is 1. The molecule has 7 nitrogen and oxygen atoms in total. The minimum absolute atomic E-state index is 0.246. The normalized spacial score (nSPS) is 13.0. The van der Waals surface area contributed by atoms with Gasteiger partial charge in [-0.2, -0.15) is 0 Å². The van der Waals surface area contributed by atoms with Gasteiger partial charge in [-0.25, -0.2) is 0 Å². The molecule has 0 bridgehead atoms. The van der Waals surface area contributed by atoms with Crippen molar-refractivity contribution in [2.24, 2.45) is 0 Å². The van der Waals surface area contributed by atoms with Crippen molar-refractivity contribution in [3.63, 3.8) is 0 Å². The monoisotopic (exact) mass is 455 g/mol. The third-order valence-electron chi connectivity index (χ3n) is 5.18. The molecule has 3 rings (SSSR count). The number of carbonyl (C=O) groups excluding carboxylic acids is 2. The molecule has 1 heterocycles. The van der Waals surface area contributed by atoms with E-state index < -0.39 is 0 Å². The maximum atomic E-state index is 12.3. The Balaban J connectivity index is 1.07. The van der Waals surface area contributed by atoms with Gasteiger partial charge in [0.05, 0.1) is 30.9 Å². The second kappa shape index (κ2) is 14.5. The number of rotatable bonds is 17. The van der Waals surface area contributed by atoms with E-state index in [2.05, 4.69) is 12.1 Å². The summed E-state index contributed by atoms with van der Waals surface area (Å²) in [5, 5.41) is 0. The van der Waals surface area contributed by atoms with Crippen LogP contribution in [0.4, 0.5) is 0 Å². The molecule has 0 aliphatic carbocycles. The fourth-order valence-electron chi connectivity index (χ4n) is 3.46. The van der Waals surface area contributed by atoms with Crippen LogP contribution in [0.5, 0.6) is 0 Å². The van der Waals surface area contributed by atoms with Crippen LogP contribution in [-0.4, -0.2) is 69.5 Å². The Bertz CT molecular complexity index is 822. The van der Waals surface area contributed by atoms with Gasteiger partial charge in [-0.3, -0.25) is 14.5 Å². The number of carbonyl (C=O) groups is 2. The zero-order valence-electron chi connectivity index (χ0n) is 19.1. The first-order valence-electron chi connectivity index (χ1n) is 11.6. The largest absolute Gasteiger partial charge is 0.381 e. The van der Waals surface area contributed by atoms with Crippen LogP contribution >= 0.6 is 0 Å². The number of ether oxygens (including phenoxy) is 4. The Hall–Kier alpha value is -2.58. The van der Waals surface area contributed by atoms with E-state index in [9.17, 15) is 9.59 Å². The van der Waals surface area contributed by atoms with Gasteiger partial charge in [0.2, 0.25) is 0 Å². The van der Waals surface area contributed by atoms with Gasteiger partial charge >= 0.3 is 0 Å². The lowest BCUT2D eigenvalue weighted by molar-refractivity contribution is 0.0449. The van der Waals surface area contributed by atoms with E-state index in [-0.39, 0.29) is 18.4 Å². The molecule has 178 valence electrons. The van der Waals surface area contributed by atoms with Crippen LogP contribution in [0, 0.1) is 0 Å². The number of hydrogen-bond donors (Lipinski definition) is 0. The average Bonchev–Trinajstić information content (AvgIpc) is 3.09. The summed E-state index contributed by atoms with van der Waals surface area (Å²) in [5.41, 5.74) is 2.12. The molecule has 0 radical (unpaired) electrons. The molecule has 0 saturated heterocycles. The Kier molecular flexibility index (Phi) is 11.0. The van der Waals surface area contributed by atoms with Crippen molar-refractivity contribution in [1.29, 1.82) is 0 Å².